The van der Waals surface area contributed by atoms with E-state index in [0.717, 1.165) is 37.2 Å². The van der Waals surface area contributed by atoms with Gasteiger partial charge in [-0.1, -0.05) is 25.4 Å². The summed E-state index contributed by atoms with van der Waals surface area (Å²) >= 11 is 6.13. The van der Waals surface area contributed by atoms with Gasteiger partial charge in [0.25, 0.3) is 0 Å². The van der Waals surface area contributed by atoms with E-state index in [1.54, 1.807) is 6.07 Å². The van der Waals surface area contributed by atoms with E-state index in [0.29, 0.717) is 10.8 Å². The van der Waals surface area contributed by atoms with Crippen LogP contribution in [0.1, 0.15) is 26.0 Å². The van der Waals surface area contributed by atoms with Crippen molar-refractivity contribution in [3.8, 4) is 0 Å². The Kier molecular flexibility index (Phi) is 3.89. The highest BCUT2D eigenvalue weighted by Gasteiger charge is 2.25. The van der Waals surface area contributed by atoms with Gasteiger partial charge in [-0.15, -0.1) is 0 Å². The van der Waals surface area contributed by atoms with Gasteiger partial charge in [0.15, 0.2) is 0 Å². The molecule has 1 aliphatic heterocycles. The molecule has 2 N–H and O–H groups in total. The van der Waals surface area contributed by atoms with Crippen LogP contribution in [0.4, 0.5) is 5.82 Å². The Labute approximate surface area is 108 Å². The van der Waals surface area contributed by atoms with Gasteiger partial charge < -0.3 is 5.73 Å². The zero-order valence-corrected chi connectivity index (χ0v) is 11.2. The van der Waals surface area contributed by atoms with Gasteiger partial charge in [0.1, 0.15) is 5.82 Å². The highest BCUT2D eigenvalue weighted by Crippen LogP contribution is 2.26. The van der Waals surface area contributed by atoms with Crippen LogP contribution in [0.3, 0.4) is 0 Å². The number of hydrogen-bond acceptors (Lipinski definition) is 3. The zero-order valence-electron chi connectivity index (χ0n) is 10.5. The molecule has 4 heteroatoms. The molecule has 94 valence electrons. The molecule has 0 amide bonds. The van der Waals surface area contributed by atoms with Crippen molar-refractivity contribution in [2.24, 2.45) is 11.8 Å². The normalized spacial score (nSPS) is 21.3. The molecule has 0 spiro atoms. The highest BCUT2D eigenvalue weighted by molar-refractivity contribution is 6.31. The summed E-state index contributed by atoms with van der Waals surface area (Å²) in [7, 11) is 0. The van der Waals surface area contributed by atoms with Crippen molar-refractivity contribution < 1.29 is 0 Å². The molecule has 0 aliphatic carbocycles. The topological polar surface area (TPSA) is 42.2 Å². The van der Waals surface area contributed by atoms with Gasteiger partial charge in [0.05, 0.1) is 10.7 Å². The van der Waals surface area contributed by atoms with Crippen LogP contribution in [-0.2, 0) is 6.54 Å². The first-order chi connectivity index (χ1) is 8.06. The molecule has 1 aromatic rings. The molecule has 2 rings (SSSR count). The van der Waals surface area contributed by atoms with E-state index in [1.807, 2.05) is 6.07 Å². The second kappa shape index (κ2) is 5.23. The lowest BCUT2D eigenvalue weighted by atomic mass is 9.95. The van der Waals surface area contributed by atoms with Crippen molar-refractivity contribution in [1.82, 2.24) is 9.88 Å². The fraction of sp³-hybridized carbons (Fsp3) is 0.615. The van der Waals surface area contributed by atoms with Crippen LogP contribution >= 0.6 is 11.6 Å². The van der Waals surface area contributed by atoms with Gasteiger partial charge in [0.2, 0.25) is 0 Å². The number of nitrogens with two attached hydrogens (primary N) is 1. The molecule has 2 heterocycles. The van der Waals surface area contributed by atoms with Gasteiger partial charge in [-0.05, 0) is 36.9 Å². The predicted molar refractivity (Wildman–Crippen MR) is 71.9 cm³/mol. The Balaban J connectivity index is 2.00. The number of nitrogen functional groups attached to an aromatic ring is 1. The van der Waals surface area contributed by atoms with Crippen LogP contribution in [0.2, 0.25) is 5.02 Å². The Hall–Kier alpha value is -0.800. The van der Waals surface area contributed by atoms with Gasteiger partial charge in [-0.25, -0.2) is 4.98 Å². The van der Waals surface area contributed by atoms with E-state index in [2.05, 4.69) is 23.7 Å². The lowest BCUT2D eigenvalue weighted by Crippen LogP contribution is -2.22. The zero-order chi connectivity index (χ0) is 12.4. The average molecular weight is 254 g/mol. The number of rotatable bonds is 3. The first kappa shape index (κ1) is 12.7. The first-order valence-corrected chi connectivity index (χ1v) is 6.57. The van der Waals surface area contributed by atoms with Crippen molar-refractivity contribution in [3.63, 3.8) is 0 Å². The largest absolute Gasteiger partial charge is 0.384 e. The molecular formula is C13H20ClN3. The maximum atomic E-state index is 6.13. The van der Waals surface area contributed by atoms with Crippen molar-refractivity contribution in [2.75, 3.05) is 18.8 Å². The SMILES string of the molecule is CC(C)C1CCN(Cc2nc(N)ccc2Cl)C1. The van der Waals surface area contributed by atoms with Gasteiger partial charge in [-0.2, -0.15) is 0 Å². The summed E-state index contributed by atoms with van der Waals surface area (Å²) in [4.78, 5) is 6.73. The second-order valence-electron chi connectivity index (χ2n) is 5.19. The monoisotopic (exact) mass is 253 g/mol. The molecule has 1 fully saturated rings. The molecule has 1 aliphatic rings. The van der Waals surface area contributed by atoms with Crippen LogP contribution in [-0.4, -0.2) is 23.0 Å². The van der Waals surface area contributed by atoms with E-state index in [-0.39, 0.29) is 0 Å². The number of aromatic nitrogens is 1. The van der Waals surface area contributed by atoms with E-state index >= 15 is 0 Å². The summed E-state index contributed by atoms with van der Waals surface area (Å²) in [6, 6.07) is 3.57. The predicted octanol–water partition coefficient (Wildman–Crippen LogP) is 2.80. The van der Waals surface area contributed by atoms with Gasteiger partial charge in [-0.3, -0.25) is 4.90 Å². The maximum Gasteiger partial charge on any atom is 0.123 e. The van der Waals surface area contributed by atoms with E-state index < -0.39 is 0 Å². The Morgan fingerprint density at radius 2 is 2.29 bits per heavy atom. The first-order valence-electron chi connectivity index (χ1n) is 6.19. The minimum Gasteiger partial charge on any atom is -0.384 e. The third-order valence-electron chi connectivity index (χ3n) is 3.57. The number of likely N-dealkylation sites (tertiary alicyclic amines) is 1. The van der Waals surface area contributed by atoms with Crippen LogP contribution in [0.15, 0.2) is 12.1 Å². The number of nitrogens with zero attached hydrogens (tertiary/aromatic N) is 2. The molecule has 17 heavy (non-hydrogen) atoms. The second-order valence-corrected chi connectivity index (χ2v) is 5.60. The van der Waals surface area contributed by atoms with Gasteiger partial charge >= 0.3 is 0 Å². The summed E-state index contributed by atoms with van der Waals surface area (Å²) in [5.41, 5.74) is 6.59. The number of anilines is 1. The summed E-state index contributed by atoms with van der Waals surface area (Å²) in [6.07, 6.45) is 1.28. The molecule has 1 saturated heterocycles. The molecule has 1 unspecified atom stereocenters. The Morgan fingerprint density at radius 3 is 2.94 bits per heavy atom. The van der Waals surface area contributed by atoms with Crippen LogP contribution < -0.4 is 5.73 Å². The standard InChI is InChI=1S/C13H20ClN3/c1-9(2)10-5-6-17(7-10)8-12-11(14)3-4-13(15)16-12/h3-4,9-10H,5-8H2,1-2H3,(H2,15,16). The molecule has 0 bridgehead atoms. The lowest BCUT2D eigenvalue weighted by Gasteiger charge is -2.18. The van der Waals surface area contributed by atoms with Crippen molar-refractivity contribution in [3.05, 3.63) is 22.8 Å². The molecule has 1 atom stereocenters. The molecule has 0 radical (unpaired) electrons. The third kappa shape index (κ3) is 3.11. The van der Waals surface area contributed by atoms with Crippen molar-refractivity contribution in [2.45, 2.75) is 26.8 Å². The van der Waals surface area contributed by atoms with E-state index in [9.17, 15) is 0 Å². The summed E-state index contributed by atoms with van der Waals surface area (Å²) in [5, 5.41) is 0.715. The van der Waals surface area contributed by atoms with Crippen molar-refractivity contribution >= 4 is 17.4 Å². The average Bonchev–Trinajstić information content (AvgIpc) is 2.72. The third-order valence-corrected chi connectivity index (χ3v) is 3.91. The lowest BCUT2D eigenvalue weighted by molar-refractivity contribution is 0.294. The maximum absolute atomic E-state index is 6.13. The van der Waals surface area contributed by atoms with Crippen LogP contribution in [0.5, 0.6) is 0 Å². The van der Waals surface area contributed by atoms with Crippen LogP contribution in [0, 0.1) is 11.8 Å². The van der Waals surface area contributed by atoms with E-state index in [4.69, 9.17) is 17.3 Å². The van der Waals surface area contributed by atoms with E-state index in [1.165, 1.54) is 6.42 Å². The fourth-order valence-electron chi connectivity index (χ4n) is 2.37. The summed E-state index contributed by atoms with van der Waals surface area (Å²) < 4.78 is 0. The molecule has 1 aromatic heterocycles. The smallest absolute Gasteiger partial charge is 0.123 e. The Morgan fingerprint density at radius 1 is 1.53 bits per heavy atom. The fourth-order valence-corrected chi connectivity index (χ4v) is 2.54. The molecule has 0 aromatic carbocycles. The molecule has 0 saturated carbocycles. The number of halogens is 1. The quantitative estimate of drug-likeness (QED) is 0.901. The van der Waals surface area contributed by atoms with Crippen LogP contribution in [0.25, 0.3) is 0 Å². The number of hydrogen-bond donors (Lipinski definition) is 1. The molecule has 3 nitrogen and oxygen atoms in total. The number of pyridine rings is 1. The highest BCUT2D eigenvalue weighted by atomic mass is 35.5. The minimum atomic E-state index is 0.545. The van der Waals surface area contributed by atoms with Crippen molar-refractivity contribution in [1.29, 1.82) is 0 Å². The minimum absolute atomic E-state index is 0.545. The summed E-state index contributed by atoms with van der Waals surface area (Å²) in [5.74, 6) is 2.10. The summed E-state index contributed by atoms with van der Waals surface area (Å²) in [6.45, 7) is 7.67. The van der Waals surface area contributed by atoms with Gasteiger partial charge in [0, 0.05) is 13.1 Å². The molecular weight excluding hydrogens is 234 g/mol. The Bertz CT molecular complexity index is 392.